The number of hydrogen-bond acceptors (Lipinski definition) is 2. The maximum atomic E-state index is 11.9. The molecule has 0 amide bonds. The Morgan fingerprint density at radius 1 is 1.36 bits per heavy atom. The summed E-state index contributed by atoms with van der Waals surface area (Å²) in [6.07, 6.45) is 0. The molecule has 1 aromatic rings. The van der Waals surface area contributed by atoms with Crippen LogP contribution in [0.3, 0.4) is 0 Å². The van der Waals surface area contributed by atoms with Crippen LogP contribution in [0.15, 0.2) is 12.1 Å². The SMILES string of the molecule is Cc1cc(C)c2c(c1)NCC(C)C2=O. The van der Waals surface area contributed by atoms with E-state index in [0.717, 1.165) is 23.4 Å². The molecule has 0 radical (unpaired) electrons. The number of rotatable bonds is 0. The lowest BCUT2D eigenvalue weighted by molar-refractivity contribution is 0.0931. The van der Waals surface area contributed by atoms with E-state index in [9.17, 15) is 4.79 Å². The summed E-state index contributed by atoms with van der Waals surface area (Å²) >= 11 is 0. The first kappa shape index (κ1) is 9.25. The standard InChI is InChI=1S/C12H15NO/c1-7-4-8(2)11-10(5-7)13-6-9(3)12(11)14/h4-5,9,13H,6H2,1-3H3. The Bertz CT molecular complexity index is 396. The molecule has 0 saturated heterocycles. The van der Waals surface area contributed by atoms with E-state index in [1.807, 2.05) is 19.9 Å². The van der Waals surface area contributed by atoms with E-state index in [1.165, 1.54) is 5.56 Å². The molecule has 2 nitrogen and oxygen atoms in total. The molecule has 0 aliphatic carbocycles. The molecule has 74 valence electrons. The minimum absolute atomic E-state index is 0.101. The highest BCUT2D eigenvalue weighted by Gasteiger charge is 2.25. The van der Waals surface area contributed by atoms with Gasteiger partial charge in [-0.1, -0.05) is 13.0 Å². The van der Waals surface area contributed by atoms with E-state index in [4.69, 9.17) is 0 Å². The summed E-state index contributed by atoms with van der Waals surface area (Å²) in [4.78, 5) is 11.9. The number of Topliss-reactive ketones (excluding diaryl/α,β-unsaturated/α-hetero) is 1. The van der Waals surface area contributed by atoms with Gasteiger partial charge in [0, 0.05) is 23.7 Å². The Morgan fingerprint density at radius 3 is 2.79 bits per heavy atom. The predicted octanol–water partition coefficient (Wildman–Crippen LogP) is 2.55. The number of hydrogen-bond donors (Lipinski definition) is 1. The first-order valence-electron chi connectivity index (χ1n) is 4.99. The lowest BCUT2D eigenvalue weighted by Gasteiger charge is -2.24. The van der Waals surface area contributed by atoms with E-state index in [-0.39, 0.29) is 11.7 Å². The smallest absolute Gasteiger partial charge is 0.169 e. The van der Waals surface area contributed by atoms with Crippen molar-refractivity contribution in [1.82, 2.24) is 0 Å². The van der Waals surface area contributed by atoms with Crippen LogP contribution in [0, 0.1) is 19.8 Å². The molecule has 1 heterocycles. The number of fused-ring (bicyclic) bond motifs is 1. The molecule has 2 heteroatoms. The molecule has 14 heavy (non-hydrogen) atoms. The van der Waals surface area contributed by atoms with Crippen LogP contribution in [0.25, 0.3) is 0 Å². The molecule has 0 saturated carbocycles. The Labute approximate surface area is 84.3 Å². The number of carbonyl (C=O) groups excluding carboxylic acids is 1. The number of benzene rings is 1. The fourth-order valence-corrected chi connectivity index (χ4v) is 2.04. The van der Waals surface area contributed by atoms with Gasteiger partial charge >= 0.3 is 0 Å². The number of carbonyl (C=O) groups is 1. The van der Waals surface area contributed by atoms with Crippen molar-refractivity contribution in [2.45, 2.75) is 20.8 Å². The molecule has 1 N–H and O–H groups in total. The monoisotopic (exact) mass is 189 g/mol. The van der Waals surface area contributed by atoms with E-state index in [2.05, 4.69) is 18.3 Å². The van der Waals surface area contributed by atoms with Crippen LogP contribution < -0.4 is 5.32 Å². The topological polar surface area (TPSA) is 29.1 Å². The maximum Gasteiger partial charge on any atom is 0.169 e. The number of anilines is 1. The van der Waals surface area contributed by atoms with Gasteiger partial charge in [-0.15, -0.1) is 0 Å². The van der Waals surface area contributed by atoms with Gasteiger partial charge in [0.25, 0.3) is 0 Å². The Morgan fingerprint density at radius 2 is 2.07 bits per heavy atom. The van der Waals surface area contributed by atoms with Gasteiger partial charge in [-0.3, -0.25) is 4.79 Å². The van der Waals surface area contributed by atoms with E-state index >= 15 is 0 Å². The van der Waals surface area contributed by atoms with Crippen LogP contribution in [-0.4, -0.2) is 12.3 Å². The van der Waals surface area contributed by atoms with Crippen molar-refractivity contribution >= 4 is 11.5 Å². The average molecular weight is 189 g/mol. The van der Waals surface area contributed by atoms with Gasteiger partial charge in [-0.2, -0.15) is 0 Å². The third-order valence-corrected chi connectivity index (χ3v) is 2.77. The molecule has 0 aromatic heterocycles. The van der Waals surface area contributed by atoms with Gasteiger partial charge in [-0.05, 0) is 31.0 Å². The highest BCUT2D eigenvalue weighted by atomic mass is 16.1. The lowest BCUT2D eigenvalue weighted by Crippen LogP contribution is -2.28. The van der Waals surface area contributed by atoms with Gasteiger partial charge in [0.1, 0.15) is 0 Å². The third-order valence-electron chi connectivity index (χ3n) is 2.77. The van der Waals surface area contributed by atoms with Crippen molar-refractivity contribution in [3.63, 3.8) is 0 Å². The predicted molar refractivity (Wildman–Crippen MR) is 57.9 cm³/mol. The second-order valence-electron chi connectivity index (χ2n) is 4.15. The van der Waals surface area contributed by atoms with Crippen molar-refractivity contribution in [3.8, 4) is 0 Å². The van der Waals surface area contributed by atoms with Crippen LogP contribution in [0.4, 0.5) is 5.69 Å². The minimum atomic E-state index is 0.101. The molecule has 1 aliphatic rings. The third kappa shape index (κ3) is 1.31. The maximum absolute atomic E-state index is 11.9. The van der Waals surface area contributed by atoms with Crippen molar-refractivity contribution < 1.29 is 4.79 Å². The molecule has 1 atom stereocenters. The highest BCUT2D eigenvalue weighted by molar-refractivity contribution is 6.05. The van der Waals surface area contributed by atoms with Crippen LogP contribution in [-0.2, 0) is 0 Å². The van der Waals surface area contributed by atoms with Crippen LogP contribution in [0.1, 0.15) is 28.4 Å². The van der Waals surface area contributed by atoms with E-state index in [1.54, 1.807) is 0 Å². The Kier molecular flexibility index (Phi) is 2.06. The van der Waals surface area contributed by atoms with Crippen LogP contribution in [0.5, 0.6) is 0 Å². The summed E-state index contributed by atoms with van der Waals surface area (Å²) in [5.74, 6) is 0.375. The molecule has 1 aliphatic heterocycles. The molecule has 0 spiro atoms. The zero-order valence-corrected chi connectivity index (χ0v) is 8.85. The lowest BCUT2D eigenvalue weighted by atomic mass is 9.90. The largest absolute Gasteiger partial charge is 0.384 e. The van der Waals surface area contributed by atoms with E-state index in [0.29, 0.717) is 0 Å². The molecule has 2 rings (SSSR count). The second kappa shape index (κ2) is 3.12. The Hall–Kier alpha value is -1.31. The Balaban J connectivity index is 2.60. The summed E-state index contributed by atoms with van der Waals surface area (Å²) in [5.41, 5.74) is 4.18. The quantitative estimate of drug-likeness (QED) is 0.679. The molecule has 1 aromatic carbocycles. The van der Waals surface area contributed by atoms with Gasteiger partial charge in [0.05, 0.1) is 0 Å². The highest BCUT2D eigenvalue weighted by Crippen LogP contribution is 2.28. The van der Waals surface area contributed by atoms with Crippen LogP contribution >= 0.6 is 0 Å². The molecule has 1 unspecified atom stereocenters. The average Bonchev–Trinajstić information content (AvgIpc) is 2.10. The first-order chi connectivity index (χ1) is 6.59. The van der Waals surface area contributed by atoms with Crippen molar-refractivity contribution in [2.75, 3.05) is 11.9 Å². The number of ketones is 1. The number of aryl methyl sites for hydroxylation is 2. The summed E-state index contributed by atoms with van der Waals surface area (Å²) in [6, 6.07) is 4.11. The number of nitrogens with one attached hydrogen (secondary N) is 1. The van der Waals surface area contributed by atoms with Gasteiger partial charge in [0.2, 0.25) is 0 Å². The van der Waals surface area contributed by atoms with Gasteiger partial charge < -0.3 is 5.32 Å². The van der Waals surface area contributed by atoms with Crippen molar-refractivity contribution in [2.24, 2.45) is 5.92 Å². The normalized spacial score (nSPS) is 20.2. The summed E-state index contributed by atoms with van der Waals surface area (Å²) in [7, 11) is 0. The fraction of sp³-hybridized carbons (Fsp3) is 0.417. The molecular weight excluding hydrogens is 174 g/mol. The fourth-order valence-electron chi connectivity index (χ4n) is 2.04. The molecule has 0 fully saturated rings. The van der Waals surface area contributed by atoms with Crippen molar-refractivity contribution in [1.29, 1.82) is 0 Å². The van der Waals surface area contributed by atoms with Crippen molar-refractivity contribution in [3.05, 3.63) is 28.8 Å². The second-order valence-corrected chi connectivity index (χ2v) is 4.15. The van der Waals surface area contributed by atoms with Gasteiger partial charge in [-0.25, -0.2) is 0 Å². The zero-order valence-electron chi connectivity index (χ0n) is 8.85. The first-order valence-corrected chi connectivity index (χ1v) is 4.99. The molecule has 0 bridgehead atoms. The summed E-state index contributed by atoms with van der Waals surface area (Å²) in [6.45, 7) is 6.78. The van der Waals surface area contributed by atoms with Gasteiger partial charge in [0.15, 0.2) is 5.78 Å². The van der Waals surface area contributed by atoms with E-state index < -0.39 is 0 Å². The summed E-state index contributed by atoms with van der Waals surface area (Å²) < 4.78 is 0. The molecular formula is C12H15NO. The zero-order chi connectivity index (χ0) is 10.3. The van der Waals surface area contributed by atoms with Crippen LogP contribution in [0.2, 0.25) is 0 Å². The minimum Gasteiger partial charge on any atom is -0.384 e. The summed E-state index contributed by atoms with van der Waals surface area (Å²) in [5, 5.41) is 3.30.